The van der Waals surface area contributed by atoms with E-state index in [1.165, 1.54) is 12.1 Å². The SMILES string of the molecule is CCNC(C)(C)C(=O)Nc1ccc(Cl)c(F)c1. The fourth-order valence-electron chi connectivity index (χ4n) is 1.38. The minimum absolute atomic E-state index is 0.0361. The molecule has 0 bridgehead atoms. The topological polar surface area (TPSA) is 41.1 Å². The van der Waals surface area contributed by atoms with Gasteiger partial charge in [-0.1, -0.05) is 18.5 Å². The Morgan fingerprint density at radius 2 is 2.12 bits per heavy atom. The molecule has 0 saturated heterocycles. The zero-order chi connectivity index (χ0) is 13.1. The highest BCUT2D eigenvalue weighted by molar-refractivity contribution is 6.30. The Bertz CT molecular complexity index is 421. The first-order chi connectivity index (χ1) is 7.86. The predicted octanol–water partition coefficient (Wildman–Crippen LogP) is 2.81. The first kappa shape index (κ1) is 13.9. The van der Waals surface area contributed by atoms with E-state index in [4.69, 9.17) is 11.6 Å². The van der Waals surface area contributed by atoms with Gasteiger partial charge in [-0.3, -0.25) is 4.79 Å². The minimum Gasteiger partial charge on any atom is -0.324 e. The third-order valence-electron chi connectivity index (χ3n) is 2.36. The summed E-state index contributed by atoms with van der Waals surface area (Å²) in [5.74, 6) is -0.771. The largest absolute Gasteiger partial charge is 0.324 e. The molecule has 94 valence electrons. The fraction of sp³-hybridized carbons (Fsp3) is 0.417. The van der Waals surface area contributed by atoms with Crippen LogP contribution in [0.5, 0.6) is 0 Å². The summed E-state index contributed by atoms with van der Waals surface area (Å²) in [6.45, 7) is 6.11. The van der Waals surface area contributed by atoms with Crippen molar-refractivity contribution < 1.29 is 9.18 Å². The van der Waals surface area contributed by atoms with E-state index in [-0.39, 0.29) is 10.9 Å². The van der Waals surface area contributed by atoms with Gasteiger partial charge in [0.2, 0.25) is 5.91 Å². The Morgan fingerprint density at radius 1 is 1.47 bits per heavy atom. The smallest absolute Gasteiger partial charge is 0.244 e. The van der Waals surface area contributed by atoms with E-state index in [1.807, 2.05) is 6.92 Å². The minimum atomic E-state index is -0.704. The van der Waals surface area contributed by atoms with Crippen molar-refractivity contribution in [1.29, 1.82) is 0 Å². The van der Waals surface area contributed by atoms with Crippen LogP contribution in [0.2, 0.25) is 5.02 Å². The first-order valence-corrected chi connectivity index (χ1v) is 5.76. The van der Waals surface area contributed by atoms with Gasteiger partial charge in [0, 0.05) is 5.69 Å². The molecule has 0 aliphatic heterocycles. The maximum atomic E-state index is 13.2. The Morgan fingerprint density at radius 3 is 2.65 bits per heavy atom. The van der Waals surface area contributed by atoms with E-state index in [0.717, 1.165) is 0 Å². The van der Waals surface area contributed by atoms with Crippen LogP contribution in [0.1, 0.15) is 20.8 Å². The molecule has 0 radical (unpaired) electrons. The molecule has 1 amide bonds. The molecule has 0 unspecified atom stereocenters. The number of benzene rings is 1. The van der Waals surface area contributed by atoms with E-state index in [0.29, 0.717) is 12.2 Å². The van der Waals surface area contributed by atoms with Crippen molar-refractivity contribution in [3.05, 3.63) is 29.0 Å². The van der Waals surface area contributed by atoms with Gasteiger partial charge in [-0.15, -0.1) is 0 Å². The van der Waals surface area contributed by atoms with Crippen molar-refractivity contribution in [3.8, 4) is 0 Å². The van der Waals surface area contributed by atoms with Crippen LogP contribution in [0.25, 0.3) is 0 Å². The fourth-order valence-corrected chi connectivity index (χ4v) is 1.50. The second-order valence-electron chi connectivity index (χ2n) is 4.24. The maximum Gasteiger partial charge on any atom is 0.244 e. The van der Waals surface area contributed by atoms with Crippen LogP contribution in [-0.4, -0.2) is 18.0 Å². The molecule has 0 heterocycles. The molecule has 0 aromatic heterocycles. The van der Waals surface area contributed by atoms with Crippen molar-refractivity contribution in [1.82, 2.24) is 5.32 Å². The van der Waals surface area contributed by atoms with Crippen molar-refractivity contribution in [2.24, 2.45) is 0 Å². The lowest BCUT2D eigenvalue weighted by atomic mass is 10.0. The van der Waals surface area contributed by atoms with E-state index < -0.39 is 11.4 Å². The summed E-state index contributed by atoms with van der Waals surface area (Å²) in [5.41, 5.74) is -0.312. The molecular weight excluding hydrogens is 243 g/mol. The number of hydrogen-bond donors (Lipinski definition) is 2. The van der Waals surface area contributed by atoms with E-state index in [9.17, 15) is 9.18 Å². The van der Waals surface area contributed by atoms with Crippen LogP contribution in [0.4, 0.5) is 10.1 Å². The molecule has 0 saturated carbocycles. The van der Waals surface area contributed by atoms with Gasteiger partial charge in [-0.05, 0) is 38.6 Å². The second kappa shape index (κ2) is 5.47. The molecule has 1 aromatic carbocycles. The summed E-state index contributed by atoms with van der Waals surface area (Å²) < 4.78 is 13.2. The molecule has 5 heteroatoms. The molecule has 1 aromatic rings. The van der Waals surface area contributed by atoms with Crippen molar-refractivity contribution in [2.45, 2.75) is 26.3 Å². The molecule has 0 spiro atoms. The highest BCUT2D eigenvalue weighted by Crippen LogP contribution is 2.19. The molecule has 0 aliphatic rings. The predicted molar refractivity (Wildman–Crippen MR) is 67.8 cm³/mol. The van der Waals surface area contributed by atoms with Crippen molar-refractivity contribution in [2.75, 3.05) is 11.9 Å². The number of rotatable bonds is 4. The van der Waals surface area contributed by atoms with Gasteiger partial charge in [0.15, 0.2) is 0 Å². The molecule has 1 rings (SSSR count). The summed E-state index contributed by atoms with van der Waals surface area (Å²) in [6.07, 6.45) is 0. The Hall–Kier alpha value is -1.13. The number of anilines is 1. The van der Waals surface area contributed by atoms with Crippen LogP contribution >= 0.6 is 11.6 Å². The number of nitrogens with one attached hydrogen (secondary N) is 2. The molecule has 2 N–H and O–H groups in total. The van der Waals surface area contributed by atoms with Crippen LogP contribution in [0.3, 0.4) is 0 Å². The highest BCUT2D eigenvalue weighted by Gasteiger charge is 2.26. The Kier molecular flexibility index (Phi) is 4.48. The van der Waals surface area contributed by atoms with E-state index in [1.54, 1.807) is 19.9 Å². The molecule has 17 heavy (non-hydrogen) atoms. The summed E-state index contributed by atoms with van der Waals surface area (Å²) in [4.78, 5) is 11.9. The summed E-state index contributed by atoms with van der Waals surface area (Å²) in [6, 6.07) is 4.17. The average molecular weight is 259 g/mol. The third kappa shape index (κ3) is 3.68. The number of likely N-dealkylation sites (N-methyl/N-ethyl adjacent to an activating group) is 1. The van der Waals surface area contributed by atoms with Crippen LogP contribution in [0, 0.1) is 5.82 Å². The maximum absolute atomic E-state index is 13.2. The molecule has 0 fully saturated rings. The number of carbonyl (C=O) groups excluding carboxylic acids is 1. The van der Waals surface area contributed by atoms with Crippen molar-refractivity contribution in [3.63, 3.8) is 0 Å². The van der Waals surface area contributed by atoms with Crippen LogP contribution in [-0.2, 0) is 4.79 Å². The number of halogens is 2. The lowest BCUT2D eigenvalue weighted by molar-refractivity contribution is -0.121. The van der Waals surface area contributed by atoms with Gasteiger partial charge in [0.05, 0.1) is 10.6 Å². The second-order valence-corrected chi connectivity index (χ2v) is 4.65. The molecule has 0 aliphatic carbocycles. The van der Waals surface area contributed by atoms with Crippen LogP contribution < -0.4 is 10.6 Å². The lowest BCUT2D eigenvalue weighted by Crippen LogP contribution is -2.49. The Labute approximate surface area is 105 Å². The van der Waals surface area contributed by atoms with Gasteiger partial charge < -0.3 is 10.6 Å². The van der Waals surface area contributed by atoms with Gasteiger partial charge in [-0.2, -0.15) is 0 Å². The quantitative estimate of drug-likeness (QED) is 0.872. The number of amides is 1. The summed E-state index contributed by atoms with van der Waals surface area (Å²) in [7, 11) is 0. The molecule has 3 nitrogen and oxygen atoms in total. The number of hydrogen-bond acceptors (Lipinski definition) is 2. The standard InChI is InChI=1S/C12H16ClFN2O/c1-4-15-12(2,3)11(17)16-8-5-6-9(13)10(14)7-8/h5-7,15H,4H2,1-3H3,(H,16,17). The van der Waals surface area contributed by atoms with Gasteiger partial charge in [0.1, 0.15) is 5.82 Å². The zero-order valence-electron chi connectivity index (χ0n) is 10.1. The van der Waals surface area contributed by atoms with Gasteiger partial charge in [0.25, 0.3) is 0 Å². The van der Waals surface area contributed by atoms with E-state index in [2.05, 4.69) is 10.6 Å². The zero-order valence-corrected chi connectivity index (χ0v) is 10.9. The third-order valence-corrected chi connectivity index (χ3v) is 2.67. The first-order valence-electron chi connectivity index (χ1n) is 5.38. The Balaban J connectivity index is 2.77. The number of carbonyl (C=O) groups is 1. The van der Waals surface area contributed by atoms with Gasteiger partial charge >= 0.3 is 0 Å². The average Bonchev–Trinajstić information content (AvgIpc) is 2.23. The van der Waals surface area contributed by atoms with E-state index >= 15 is 0 Å². The summed E-state index contributed by atoms with van der Waals surface area (Å²) in [5, 5.41) is 5.71. The van der Waals surface area contributed by atoms with Crippen molar-refractivity contribution >= 4 is 23.2 Å². The lowest BCUT2D eigenvalue weighted by Gasteiger charge is -2.24. The van der Waals surface area contributed by atoms with Gasteiger partial charge in [-0.25, -0.2) is 4.39 Å². The monoisotopic (exact) mass is 258 g/mol. The molecule has 0 atom stereocenters. The highest BCUT2D eigenvalue weighted by atomic mass is 35.5. The molecular formula is C12H16ClFN2O. The van der Waals surface area contributed by atoms with Crippen LogP contribution in [0.15, 0.2) is 18.2 Å². The normalized spacial score (nSPS) is 11.4. The summed E-state index contributed by atoms with van der Waals surface area (Å²) >= 11 is 5.56.